The monoisotopic (exact) mass is 332 g/mol. The predicted molar refractivity (Wildman–Crippen MR) is 92.0 cm³/mol. The fourth-order valence-corrected chi connectivity index (χ4v) is 3.59. The molecule has 0 spiro atoms. The molecule has 2 rings (SSSR count). The zero-order chi connectivity index (χ0) is 17.1. The fourth-order valence-electron chi connectivity index (χ4n) is 2.62. The van der Waals surface area contributed by atoms with Gasteiger partial charge in [-0.2, -0.15) is 0 Å². The van der Waals surface area contributed by atoms with E-state index in [9.17, 15) is 9.59 Å². The lowest BCUT2D eigenvalue weighted by atomic mass is 9.96. The van der Waals surface area contributed by atoms with E-state index in [0.717, 1.165) is 22.3 Å². The summed E-state index contributed by atoms with van der Waals surface area (Å²) < 4.78 is 0. The number of thiazole rings is 1. The number of aliphatic carboxylic acids is 1. The van der Waals surface area contributed by atoms with Crippen LogP contribution in [0.1, 0.15) is 34.9 Å². The number of carbonyl (C=O) groups excluding carboxylic acids is 1. The molecule has 2 aromatic rings. The largest absolute Gasteiger partial charge is 0.481 e. The van der Waals surface area contributed by atoms with Gasteiger partial charge in [-0.1, -0.05) is 24.6 Å². The van der Waals surface area contributed by atoms with Crippen LogP contribution in [0.15, 0.2) is 12.1 Å². The van der Waals surface area contributed by atoms with Gasteiger partial charge < -0.3 is 10.4 Å². The summed E-state index contributed by atoms with van der Waals surface area (Å²) >= 11 is 1.22. The maximum atomic E-state index is 11.6. The number of aryl methyl sites for hydroxylation is 3. The van der Waals surface area contributed by atoms with Gasteiger partial charge in [-0.05, 0) is 31.9 Å². The van der Waals surface area contributed by atoms with Gasteiger partial charge >= 0.3 is 5.97 Å². The Kier molecular flexibility index (Phi) is 5.15. The van der Waals surface area contributed by atoms with Gasteiger partial charge in [0.05, 0.1) is 12.1 Å². The Morgan fingerprint density at radius 2 is 1.83 bits per heavy atom. The number of nitrogens with one attached hydrogen (secondary N) is 1. The number of hydrogen-bond donors (Lipinski definition) is 2. The highest BCUT2D eigenvalue weighted by Gasteiger charge is 2.19. The maximum Gasteiger partial charge on any atom is 0.308 e. The van der Waals surface area contributed by atoms with E-state index in [1.165, 1.54) is 11.3 Å². The number of rotatable bonds is 5. The average Bonchev–Trinajstić information content (AvgIpc) is 2.79. The van der Waals surface area contributed by atoms with Crippen molar-refractivity contribution in [2.24, 2.45) is 0 Å². The summed E-state index contributed by atoms with van der Waals surface area (Å²) in [5.41, 5.74) is 4.85. The molecule has 6 heteroatoms. The molecule has 0 bridgehead atoms. The van der Waals surface area contributed by atoms with Crippen LogP contribution < -0.4 is 5.32 Å². The van der Waals surface area contributed by atoms with Gasteiger partial charge in [0.15, 0.2) is 5.13 Å². The normalized spacial score (nSPS) is 10.6. The second kappa shape index (κ2) is 6.91. The minimum atomic E-state index is -0.911. The van der Waals surface area contributed by atoms with Crippen LogP contribution in [0.25, 0.3) is 11.3 Å². The fraction of sp³-hybridized carbons (Fsp3) is 0.353. The van der Waals surface area contributed by atoms with Crippen molar-refractivity contribution in [3.63, 3.8) is 0 Å². The maximum absolute atomic E-state index is 11.6. The zero-order valence-corrected chi connectivity index (χ0v) is 14.5. The number of amides is 1. The van der Waals surface area contributed by atoms with Gasteiger partial charge in [-0.3, -0.25) is 9.59 Å². The Balaban J connectivity index is 2.55. The summed E-state index contributed by atoms with van der Waals surface area (Å²) in [5, 5.41) is 12.3. The molecule has 0 radical (unpaired) electrons. The number of anilines is 1. The van der Waals surface area contributed by atoms with Crippen molar-refractivity contribution in [3.05, 3.63) is 33.7 Å². The van der Waals surface area contributed by atoms with Crippen molar-refractivity contribution < 1.29 is 14.7 Å². The standard InChI is InChI=1S/C17H20N2O3S/c1-5-13(20)18-17-19-16(12(23-17)8-14(21)22)15-10(3)6-9(2)7-11(15)4/h6-7H,5,8H2,1-4H3,(H,21,22)(H,18,19,20). The molecule has 2 N–H and O–H groups in total. The van der Waals surface area contributed by atoms with Gasteiger partial charge in [0.25, 0.3) is 0 Å². The second-order valence-electron chi connectivity index (χ2n) is 5.54. The molecule has 0 aliphatic rings. The summed E-state index contributed by atoms with van der Waals surface area (Å²) in [7, 11) is 0. The van der Waals surface area contributed by atoms with E-state index < -0.39 is 5.97 Å². The number of carbonyl (C=O) groups is 2. The van der Waals surface area contributed by atoms with Crippen LogP contribution in [-0.4, -0.2) is 22.0 Å². The van der Waals surface area contributed by atoms with E-state index in [2.05, 4.69) is 22.4 Å². The molecule has 0 aliphatic carbocycles. The summed E-state index contributed by atoms with van der Waals surface area (Å²) in [6, 6.07) is 4.10. The Labute approximate surface area is 139 Å². The van der Waals surface area contributed by atoms with E-state index in [1.54, 1.807) is 6.92 Å². The molecule has 0 fully saturated rings. The highest BCUT2D eigenvalue weighted by molar-refractivity contribution is 7.16. The number of hydrogen-bond acceptors (Lipinski definition) is 4. The minimum Gasteiger partial charge on any atom is -0.481 e. The lowest BCUT2D eigenvalue weighted by Crippen LogP contribution is -2.08. The second-order valence-corrected chi connectivity index (χ2v) is 6.62. The van der Waals surface area contributed by atoms with Crippen LogP contribution in [0, 0.1) is 20.8 Å². The van der Waals surface area contributed by atoms with Crippen molar-refractivity contribution in [1.29, 1.82) is 0 Å². The van der Waals surface area contributed by atoms with Crippen LogP contribution in [0.4, 0.5) is 5.13 Å². The molecule has 5 nitrogen and oxygen atoms in total. The van der Waals surface area contributed by atoms with Gasteiger partial charge in [-0.25, -0.2) is 4.98 Å². The quantitative estimate of drug-likeness (QED) is 0.875. The van der Waals surface area contributed by atoms with Crippen LogP contribution in [0.5, 0.6) is 0 Å². The van der Waals surface area contributed by atoms with Gasteiger partial charge in [0.1, 0.15) is 0 Å². The summed E-state index contributed by atoms with van der Waals surface area (Å²) in [6.45, 7) is 7.76. The molecule has 0 atom stereocenters. The lowest BCUT2D eigenvalue weighted by molar-refractivity contribution is -0.136. The summed E-state index contributed by atoms with van der Waals surface area (Å²) in [6.07, 6.45) is 0.244. The lowest BCUT2D eigenvalue weighted by Gasteiger charge is -2.10. The molecule has 0 aliphatic heterocycles. The molecule has 23 heavy (non-hydrogen) atoms. The van der Waals surface area contributed by atoms with Crippen LogP contribution in [0.3, 0.4) is 0 Å². The van der Waals surface area contributed by atoms with E-state index in [4.69, 9.17) is 5.11 Å². The Morgan fingerprint density at radius 1 is 1.22 bits per heavy atom. The number of benzene rings is 1. The molecule has 0 saturated carbocycles. The number of carboxylic acids is 1. The van der Waals surface area contributed by atoms with Crippen molar-refractivity contribution in [1.82, 2.24) is 4.98 Å². The molecule has 1 amide bonds. The zero-order valence-electron chi connectivity index (χ0n) is 13.7. The van der Waals surface area contributed by atoms with Crippen LogP contribution in [0.2, 0.25) is 0 Å². The minimum absolute atomic E-state index is 0.109. The Hall–Kier alpha value is -2.21. The molecule has 122 valence electrons. The topological polar surface area (TPSA) is 79.3 Å². The first-order chi connectivity index (χ1) is 10.8. The summed E-state index contributed by atoms with van der Waals surface area (Å²) in [5.74, 6) is -1.05. The van der Waals surface area contributed by atoms with Crippen molar-refractivity contribution in [3.8, 4) is 11.3 Å². The first-order valence-electron chi connectivity index (χ1n) is 7.41. The van der Waals surface area contributed by atoms with Gasteiger partial charge in [0, 0.05) is 16.9 Å². The third kappa shape index (κ3) is 3.96. The first-order valence-corrected chi connectivity index (χ1v) is 8.23. The van der Waals surface area contributed by atoms with E-state index >= 15 is 0 Å². The number of nitrogens with zero attached hydrogens (tertiary/aromatic N) is 1. The van der Waals surface area contributed by atoms with Crippen molar-refractivity contribution in [2.75, 3.05) is 5.32 Å². The highest BCUT2D eigenvalue weighted by atomic mass is 32.1. The van der Waals surface area contributed by atoms with Crippen LogP contribution >= 0.6 is 11.3 Å². The molecular formula is C17H20N2O3S. The number of carboxylic acid groups (broad SMARTS) is 1. The Morgan fingerprint density at radius 3 is 2.35 bits per heavy atom. The predicted octanol–water partition coefficient (Wildman–Crippen LogP) is 3.71. The molecule has 1 aromatic carbocycles. The van der Waals surface area contributed by atoms with Crippen LogP contribution in [-0.2, 0) is 16.0 Å². The van der Waals surface area contributed by atoms with E-state index in [1.807, 2.05) is 20.8 Å². The molecule has 0 unspecified atom stereocenters. The molecule has 1 heterocycles. The SMILES string of the molecule is CCC(=O)Nc1nc(-c2c(C)cc(C)cc2C)c(CC(=O)O)s1. The van der Waals surface area contributed by atoms with E-state index in [0.29, 0.717) is 22.1 Å². The van der Waals surface area contributed by atoms with Gasteiger partial charge in [-0.15, -0.1) is 11.3 Å². The highest BCUT2D eigenvalue weighted by Crippen LogP contribution is 2.36. The third-order valence-electron chi connectivity index (χ3n) is 3.49. The Bertz CT molecular complexity index is 742. The summed E-state index contributed by atoms with van der Waals surface area (Å²) in [4.78, 5) is 27.9. The van der Waals surface area contributed by atoms with Crippen molar-refractivity contribution >= 4 is 28.3 Å². The van der Waals surface area contributed by atoms with E-state index in [-0.39, 0.29) is 12.3 Å². The molecular weight excluding hydrogens is 312 g/mol. The van der Waals surface area contributed by atoms with Gasteiger partial charge in [0.2, 0.25) is 5.91 Å². The molecule has 1 aromatic heterocycles. The number of aromatic nitrogens is 1. The smallest absolute Gasteiger partial charge is 0.308 e. The third-order valence-corrected chi connectivity index (χ3v) is 4.46. The average molecular weight is 332 g/mol. The molecule has 0 saturated heterocycles. The van der Waals surface area contributed by atoms with Crippen molar-refractivity contribution in [2.45, 2.75) is 40.5 Å². The first kappa shape index (κ1) is 17.1.